The first kappa shape index (κ1) is 11.8. The minimum Gasteiger partial charge on any atom is -0.484 e. The summed E-state index contributed by atoms with van der Waals surface area (Å²) in [6.07, 6.45) is 0. The predicted molar refractivity (Wildman–Crippen MR) is 64.5 cm³/mol. The quantitative estimate of drug-likeness (QED) is 0.813. The highest BCUT2D eigenvalue weighted by Gasteiger charge is 2.22. The SMILES string of the molecule is NC(=O)COc1ccc([C@@H]2NC(=O)CS2)cc1. The minimum absolute atomic E-state index is 0.00712. The van der Waals surface area contributed by atoms with E-state index in [2.05, 4.69) is 5.32 Å². The van der Waals surface area contributed by atoms with E-state index >= 15 is 0 Å². The van der Waals surface area contributed by atoms with Crippen LogP contribution in [-0.4, -0.2) is 24.2 Å². The average molecular weight is 252 g/mol. The third-order valence-corrected chi connectivity index (χ3v) is 3.39. The summed E-state index contributed by atoms with van der Waals surface area (Å²) in [4.78, 5) is 21.6. The smallest absolute Gasteiger partial charge is 0.255 e. The Morgan fingerprint density at radius 2 is 2.18 bits per heavy atom. The number of nitrogens with one attached hydrogen (secondary N) is 1. The van der Waals surface area contributed by atoms with Crippen molar-refractivity contribution in [1.82, 2.24) is 5.32 Å². The molecule has 0 bridgehead atoms. The summed E-state index contributed by atoms with van der Waals surface area (Å²) in [7, 11) is 0. The van der Waals surface area contributed by atoms with Crippen LogP contribution in [0.3, 0.4) is 0 Å². The molecule has 1 aromatic rings. The lowest BCUT2D eigenvalue weighted by atomic mass is 10.2. The van der Waals surface area contributed by atoms with Gasteiger partial charge in [-0.05, 0) is 17.7 Å². The number of nitrogens with two attached hydrogens (primary N) is 1. The van der Waals surface area contributed by atoms with Gasteiger partial charge in [0, 0.05) is 0 Å². The molecule has 1 aromatic carbocycles. The van der Waals surface area contributed by atoms with E-state index in [4.69, 9.17) is 10.5 Å². The van der Waals surface area contributed by atoms with Crippen LogP contribution in [0.15, 0.2) is 24.3 Å². The Morgan fingerprint density at radius 3 is 2.71 bits per heavy atom. The van der Waals surface area contributed by atoms with Crippen molar-refractivity contribution in [3.8, 4) is 5.75 Å². The molecule has 2 amide bonds. The van der Waals surface area contributed by atoms with Gasteiger partial charge in [-0.15, -0.1) is 11.8 Å². The molecule has 90 valence electrons. The lowest BCUT2D eigenvalue weighted by molar-refractivity contribution is -0.120. The Labute approximate surface area is 103 Å². The van der Waals surface area contributed by atoms with E-state index in [-0.39, 0.29) is 17.9 Å². The van der Waals surface area contributed by atoms with Gasteiger partial charge in [0.2, 0.25) is 5.91 Å². The number of amides is 2. The van der Waals surface area contributed by atoms with Gasteiger partial charge in [-0.3, -0.25) is 9.59 Å². The number of thioether (sulfide) groups is 1. The van der Waals surface area contributed by atoms with Gasteiger partial charge in [0.25, 0.3) is 5.91 Å². The first-order valence-electron chi connectivity index (χ1n) is 5.07. The molecule has 0 radical (unpaired) electrons. The second-order valence-electron chi connectivity index (χ2n) is 3.58. The van der Waals surface area contributed by atoms with Crippen LogP contribution in [0.4, 0.5) is 0 Å². The Balaban J connectivity index is 1.98. The van der Waals surface area contributed by atoms with Gasteiger partial charge in [0.15, 0.2) is 6.61 Å². The molecule has 17 heavy (non-hydrogen) atoms. The molecule has 0 unspecified atom stereocenters. The predicted octanol–water partition coefficient (Wildman–Crippen LogP) is 0.412. The molecule has 6 heteroatoms. The summed E-state index contributed by atoms with van der Waals surface area (Å²) in [5.74, 6) is 0.619. The number of carbonyl (C=O) groups excluding carboxylic acids is 2. The molecule has 0 aliphatic carbocycles. The average Bonchev–Trinajstić information content (AvgIpc) is 2.74. The molecule has 1 aliphatic heterocycles. The monoisotopic (exact) mass is 252 g/mol. The molecule has 3 N–H and O–H groups in total. The number of hydrogen-bond acceptors (Lipinski definition) is 4. The molecule has 1 aliphatic rings. The fourth-order valence-corrected chi connectivity index (χ4v) is 2.43. The number of ether oxygens (including phenoxy) is 1. The van der Waals surface area contributed by atoms with Crippen LogP contribution in [-0.2, 0) is 9.59 Å². The Kier molecular flexibility index (Phi) is 3.53. The molecular weight excluding hydrogens is 240 g/mol. The zero-order chi connectivity index (χ0) is 12.3. The largest absolute Gasteiger partial charge is 0.484 e. The number of primary amides is 1. The molecule has 1 heterocycles. The summed E-state index contributed by atoms with van der Waals surface area (Å²) in [6.45, 7) is -0.131. The number of hydrogen-bond donors (Lipinski definition) is 2. The van der Waals surface area contributed by atoms with Crippen molar-refractivity contribution in [2.24, 2.45) is 5.73 Å². The van der Waals surface area contributed by atoms with E-state index < -0.39 is 5.91 Å². The third-order valence-electron chi connectivity index (χ3n) is 2.24. The van der Waals surface area contributed by atoms with Crippen LogP contribution >= 0.6 is 11.8 Å². The molecule has 5 nitrogen and oxygen atoms in total. The minimum atomic E-state index is -0.507. The van der Waals surface area contributed by atoms with Gasteiger partial charge in [0.1, 0.15) is 11.1 Å². The fourth-order valence-electron chi connectivity index (χ4n) is 1.46. The van der Waals surface area contributed by atoms with Crippen LogP contribution in [0.2, 0.25) is 0 Å². The molecule has 1 atom stereocenters. The third kappa shape index (κ3) is 3.13. The van der Waals surface area contributed by atoms with E-state index in [0.717, 1.165) is 5.56 Å². The summed E-state index contributed by atoms with van der Waals surface area (Å²) >= 11 is 1.55. The second kappa shape index (κ2) is 5.09. The maximum Gasteiger partial charge on any atom is 0.255 e. The molecule has 0 saturated carbocycles. The molecule has 0 aromatic heterocycles. The topological polar surface area (TPSA) is 81.4 Å². The zero-order valence-corrected chi connectivity index (χ0v) is 9.83. The molecular formula is C11H12N2O3S. The molecule has 0 spiro atoms. The van der Waals surface area contributed by atoms with Gasteiger partial charge in [-0.25, -0.2) is 0 Å². The Morgan fingerprint density at radius 1 is 1.47 bits per heavy atom. The van der Waals surface area contributed by atoms with Gasteiger partial charge < -0.3 is 15.8 Å². The lowest BCUT2D eigenvalue weighted by Crippen LogP contribution is -2.20. The van der Waals surface area contributed by atoms with E-state index in [9.17, 15) is 9.59 Å². The van der Waals surface area contributed by atoms with E-state index in [0.29, 0.717) is 11.5 Å². The normalized spacial score (nSPS) is 18.8. The van der Waals surface area contributed by atoms with Crippen LogP contribution in [0, 0.1) is 0 Å². The first-order valence-corrected chi connectivity index (χ1v) is 6.12. The van der Waals surface area contributed by atoms with Crippen molar-refractivity contribution in [1.29, 1.82) is 0 Å². The molecule has 1 saturated heterocycles. The second-order valence-corrected chi connectivity index (χ2v) is 4.68. The highest BCUT2D eigenvalue weighted by Crippen LogP contribution is 2.31. The maximum absolute atomic E-state index is 11.1. The van der Waals surface area contributed by atoms with Crippen molar-refractivity contribution >= 4 is 23.6 Å². The van der Waals surface area contributed by atoms with Crippen LogP contribution in [0.25, 0.3) is 0 Å². The molecule has 2 rings (SSSR count). The van der Waals surface area contributed by atoms with E-state index in [1.165, 1.54) is 0 Å². The van der Waals surface area contributed by atoms with Gasteiger partial charge >= 0.3 is 0 Å². The van der Waals surface area contributed by atoms with Crippen molar-refractivity contribution in [3.05, 3.63) is 29.8 Å². The Hall–Kier alpha value is -1.69. The van der Waals surface area contributed by atoms with Crippen molar-refractivity contribution in [2.45, 2.75) is 5.37 Å². The number of carbonyl (C=O) groups is 2. The highest BCUT2D eigenvalue weighted by molar-refractivity contribution is 8.00. The fraction of sp³-hybridized carbons (Fsp3) is 0.273. The van der Waals surface area contributed by atoms with Crippen molar-refractivity contribution in [2.75, 3.05) is 12.4 Å². The maximum atomic E-state index is 11.1. The van der Waals surface area contributed by atoms with Crippen molar-refractivity contribution in [3.63, 3.8) is 0 Å². The number of benzene rings is 1. The molecule has 1 fully saturated rings. The standard InChI is InChI=1S/C11H12N2O3S/c12-9(14)5-16-8-3-1-7(2-4-8)11-13-10(15)6-17-11/h1-4,11H,5-6H2,(H2,12,14)(H,13,15)/t11-/m1/s1. The summed E-state index contributed by atoms with van der Waals surface area (Å²) < 4.78 is 5.14. The number of rotatable bonds is 4. The van der Waals surface area contributed by atoms with Crippen LogP contribution < -0.4 is 15.8 Å². The first-order chi connectivity index (χ1) is 8.15. The zero-order valence-electron chi connectivity index (χ0n) is 9.01. The summed E-state index contributed by atoms with van der Waals surface area (Å²) in [5, 5.41) is 2.86. The van der Waals surface area contributed by atoms with E-state index in [1.54, 1.807) is 23.9 Å². The van der Waals surface area contributed by atoms with E-state index in [1.807, 2.05) is 12.1 Å². The summed E-state index contributed by atoms with van der Waals surface area (Å²) in [5.41, 5.74) is 5.98. The van der Waals surface area contributed by atoms with Crippen LogP contribution in [0.1, 0.15) is 10.9 Å². The van der Waals surface area contributed by atoms with Gasteiger partial charge in [0.05, 0.1) is 5.75 Å². The lowest BCUT2D eigenvalue weighted by Gasteiger charge is -2.10. The van der Waals surface area contributed by atoms with Crippen molar-refractivity contribution < 1.29 is 14.3 Å². The van der Waals surface area contributed by atoms with Crippen LogP contribution in [0.5, 0.6) is 5.75 Å². The van der Waals surface area contributed by atoms with Gasteiger partial charge in [-0.2, -0.15) is 0 Å². The summed E-state index contributed by atoms with van der Waals surface area (Å²) in [6, 6.07) is 7.23. The highest BCUT2D eigenvalue weighted by atomic mass is 32.2. The Bertz CT molecular complexity index is 433. The van der Waals surface area contributed by atoms with Gasteiger partial charge in [-0.1, -0.05) is 12.1 Å².